The highest BCUT2D eigenvalue weighted by atomic mass is 32.2. The van der Waals surface area contributed by atoms with Crippen molar-refractivity contribution in [1.29, 1.82) is 0 Å². The Bertz CT molecular complexity index is 729. The van der Waals surface area contributed by atoms with Gasteiger partial charge in [0.15, 0.2) is 0 Å². The molecule has 1 heterocycles. The van der Waals surface area contributed by atoms with Gasteiger partial charge in [0.05, 0.1) is 10.7 Å². The van der Waals surface area contributed by atoms with Gasteiger partial charge in [-0.2, -0.15) is 0 Å². The van der Waals surface area contributed by atoms with Crippen LogP contribution in [0.25, 0.3) is 0 Å². The number of carbonyl (C=O) groups is 1. The molecular formula is C14H16N4O4S. The van der Waals surface area contributed by atoms with Gasteiger partial charge in [0, 0.05) is 23.7 Å². The van der Waals surface area contributed by atoms with Crippen molar-refractivity contribution in [2.75, 3.05) is 11.1 Å². The molecule has 0 aliphatic heterocycles. The van der Waals surface area contributed by atoms with Crippen molar-refractivity contribution >= 4 is 29.0 Å². The van der Waals surface area contributed by atoms with Crippen molar-refractivity contribution in [3.8, 4) is 0 Å². The van der Waals surface area contributed by atoms with E-state index in [1.54, 1.807) is 6.92 Å². The van der Waals surface area contributed by atoms with E-state index in [9.17, 15) is 14.9 Å². The molecular weight excluding hydrogens is 320 g/mol. The molecule has 0 saturated carbocycles. The van der Waals surface area contributed by atoms with Crippen molar-refractivity contribution in [1.82, 2.24) is 10.2 Å². The third-order valence-corrected chi connectivity index (χ3v) is 3.76. The molecule has 0 aliphatic carbocycles. The Morgan fingerprint density at radius 2 is 2.17 bits per heavy atom. The van der Waals surface area contributed by atoms with E-state index in [1.165, 1.54) is 18.2 Å². The first kappa shape index (κ1) is 16.9. The molecule has 122 valence electrons. The number of hydrogen-bond acceptors (Lipinski definition) is 7. The van der Waals surface area contributed by atoms with E-state index in [0.29, 0.717) is 22.4 Å². The van der Waals surface area contributed by atoms with Gasteiger partial charge in [0.25, 0.3) is 10.9 Å². The molecule has 0 spiro atoms. The first-order valence-electron chi connectivity index (χ1n) is 6.88. The van der Waals surface area contributed by atoms with Crippen molar-refractivity contribution in [3.63, 3.8) is 0 Å². The Morgan fingerprint density at radius 1 is 1.43 bits per heavy atom. The second-order valence-corrected chi connectivity index (χ2v) is 6.08. The molecule has 2 rings (SSSR count). The molecule has 23 heavy (non-hydrogen) atoms. The number of aryl methyl sites for hydroxylation is 1. The SMILES string of the molecule is Cc1cc([N+](=O)[O-])ccc1NC(=O)CSc1nnc(C(C)C)o1. The van der Waals surface area contributed by atoms with Gasteiger partial charge in [-0.1, -0.05) is 25.6 Å². The molecule has 8 nitrogen and oxygen atoms in total. The third kappa shape index (κ3) is 4.52. The molecule has 2 aromatic rings. The fourth-order valence-corrected chi connectivity index (χ4v) is 2.30. The number of nitrogens with one attached hydrogen (secondary N) is 1. The van der Waals surface area contributed by atoms with E-state index in [-0.39, 0.29) is 23.3 Å². The van der Waals surface area contributed by atoms with Crippen LogP contribution < -0.4 is 5.32 Å². The maximum absolute atomic E-state index is 11.9. The minimum atomic E-state index is -0.476. The summed E-state index contributed by atoms with van der Waals surface area (Å²) < 4.78 is 5.40. The predicted molar refractivity (Wildman–Crippen MR) is 85.6 cm³/mol. The van der Waals surface area contributed by atoms with Gasteiger partial charge in [-0.15, -0.1) is 10.2 Å². The third-order valence-electron chi connectivity index (χ3n) is 2.94. The zero-order valence-corrected chi connectivity index (χ0v) is 13.7. The summed E-state index contributed by atoms with van der Waals surface area (Å²) in [5.41, 5.74) is 1.15. The number of non-ortho nitro benzene ring substituents is 1. The number of carbonyl (C=O) groups excluding carboxylic acids is 1. The van der Waals surface area contributed by atoms with E-state index in [2.05, 4.69) is 15.5 Å². The molecule has 0 bridgehead atoms. The number of thioether (sulfide) groups is 1. The van der Waals surface area contributed by atoms with Gasteiger partial charge in [-0.3, -0.25) is 14.9 Å². The number of nitro benzene ring substituents is 1. The van der Waals surface area contributed by atoms with E-state index in [1.807, 2.05) is 13.8 Å². The Hall–Kier alpha value is -2.42. The van der Waals surface area contributed by atoms with Crippen LogP contribution in [0, 0.1) is 17.0 Å². The quantitative estimate of drug-likeness (QED) is 0.490. The van der Waals surface area contributed by atoms with E-state index >= 15 is 0 Å². The van der Waals surface area contributed by atoms with Gasteiger partial charge in [-0.05, 0) is 18.6 Å². The van der Waals surface area contributed by atoms with Crippen LogP contribution in [0.5, 0.6) is 0 Å². The molecule has 9 heteroatoms. The maximum atomic E-state index is 11.9. The highest BCUT2D eigenvalue weighted by Crippen LogP contribution is 2.23. The van der Waals surface area contributed by atoms with Gasteiger partial charge in [0.1, 0.15) is 0 Å². The topological polar surface area (TPSA) is 111 Å². The van der Waals surface area contributed by atoms with E-state index < -0.39 is 4.92 Å². The summed E-state index contributed by atoms with van der Waals surface area (Å²) in [4.78, 5) is 22.2. The lowest BCUT2D eigenvalue weighted by Crippen LogP contribution is -2.14. The molecule has 1 aromatic carbocycles. The lowest BCUT2D eigenvalue weighted by Gasteiger charge is -2.07. The van der Waals surface area contributed by atoms with E-state index in [0.717, 1.165) is 11.8 Å². The lowest BCUT2D eigenvalue weighted by molar-refractivity contribution is -0.384. The average molecular weight is 336 g/mol. The molecule has 1 aromatic heterocycles. The van der Waals surface area contributed by atoms with Crippen molar-refractivity contribution in [3.05, 3.63) is 39.8 Å². The summed E-state index contributed by atoms with van der Waals surface area (Å²) in [6.45, 7) is 5.57. The van der Waals surface area contributed by atoms with E-state index in [4.69, 9.17) is 4.42 Å². The molecule has 0 unspecified atom stereocenters. The average Bonchev–Trinajstić information content (AvgIpc) is 2.96. The van der Waals surface area contributed by atoms with Crippen molar-refractivity contribution < 1.29 is 14.1 Å². The summed E-state index contributed by atoms with van der Waals surface area (Å²) in [7, 11) is 0. The lowest BCUT2D eigenvalue weighted by atomic mass is 10.2. The number of rotatable bonds is 6. The first-order valence-corrected chi connectivity index (χ1v) is 7.86. The van der Waals surface area contributed by atoms with Crippen LogP contribution in [0.1, 0.15) is 31.2 Å². The van der Waals surface area contributed by atoms with Crippen LogP contribution >= 0.6 is 11.8 Å². The normalized spacial score (nSPS) is 10.8. The number of benzene rings is 1. The molecule has 0 fully saturated rings. The zero-order valence-electron chi connectivity index (χ0n) is 12.9. The van der Waals surface area contributed by atoms with Crippen molar-refractivity contribution in [2.45, 2.75) is 31.9 Å². The Kier molecular flexibility index (Phi) is 5.32. The summed E-state index contributed by atoms with van der Waals surface area (Å²) in [6, 6.07) is 4.28. The number of anilines is 1. The second-order valence-electron chi connectivity index (χ2n) is 5.15. The van der Waals surface area contributed by atoms with Crippen LogP contribution in [-0.2, 0) is 4.79 Å². The Balaban J connectivity index is 1.93. The summed E-state index contributed by atoms with van der Waals surface area (Å²) in [5, 5.41) is 21.5. The minimum absolute atomic E-state index is 0.0121. The Morgan fingerprint density at radius 3 is 2.74 bits per heavy atom. The van der Waals surface area contributed by atoms with Gasteiger partial charge in [0.2, 0.25) is 11.8 Å². The van der Waals surface area contributed by atoms with Gasteiger partial charge >= 0.3 is 0 Å². The van der Waals surface area contributed by atoms with Gasteiger partial charge in [-0.25, -0.2) is 0 Å². The molecule has 0 aliphatic rings. The van der Waals surface area contributed by atoms with Crippen LogP contribution in [0.15, 0.2) is 27.8 Å². The highest BCUT2D eigenvalue weighted by molar-refractivity contribution is 7.99. The number of nitro groups is 1. The molecule has 0 radical (unpaired) electrons. The summed E-state index contributed by atoms with van der Waals surface area (Å²) in [5.74, 6) is 0.514. The van der Waals surface area contributed by atoms with Crippen LogP contribution in [0.4, 0.5) is 11.4 Å². The predicted octanol–water partition coefficient (Wildman–Crippen LogP) is 3.14. The van der Waals surface area contributed by atoms with Gasteiger partial charge < -0.3 is 9.73 Å². The van der Waals surface area contributed by atoms with Crippen LogP contribution in [0.3, 0.4) is 0 Å². The Labute approximate surface area is 136 Å². The van der Waals surface area contributed by atoms with Crippen LogP contribution in [0.2, 0.25) is 0 Å². The van der Waals surface area contributed by atoms with Crippen molar-refractivity contribution in [2.24, 2.45) is 0 Å². The number of aromatic nitrogens is 2. The largest absolute Gasteiger partial charge is 0.416 e. The number of amides is 1. The standard InChI is InChI=1S/C14H16N4O4S/c1-8(2)13-16-17-14(22-13)23-7-12(19)15-11-5-4-10(18(20)21)6-9(11)3/h4-6,8H,7H2,1-3H3,(H,15,19). The molecule has 1 amide bonds. The first-order chi connectivity index (χ1) is 10.9. The smallest absolute Gasteiger partial charge is 0.277 e. The fourth-order valence-electron chi connectivity index (χ4n) is 1.73. The van der Waals surface area contributed by atoms with Crippen LogP contribution in [-0.4, -0.2) is 26.8 Å². The fraction of sp³-hybridized carbons (Fsp3) is 0.357. The monoisotopic (exact) mass is 336 g/mol. The number of hydrogen-bond donors (Lipinski definition) is 1. The molecule has 0 saturated heterocycles. The minimum Gasteiger partial charge on any atom is -0.416 e. The molecule has 0 atom stereocenters. The number of nitrogens with zero attached hydrogens (tertiary/aromatic N) is 3. The summed E-state index contributed by atoms with van der Waals surface area (Å²) in [6.07, 6.45) is 0. The molecule has 1 N–H and O–H groups in total. The highest BCUT2D eigenvalue weighted by Gasteiger charge is 2.13. The zero-order chi connectivity index (χ0) is 17.0. The second kappa shape index (κ2) is 7.23. The summed E-state index contributed by atoms with van der Waals surface area (Å²) >= 11 is 1.14. The maximum Gasteiger partial charge on any atom is 0.277 e.